The molecule has 2 aromatic carbocycles. The molecule has 0 amide bonds. The van der Waals surface area contributed by atoms with Gasteiger partial charge in [-0.05, 0) is 23.4 Å². The fraction of sp³-hybridized carbons (Fsp3) is 0. The summed E-state index contributed by atoms with van der Waals surface area (Å²) in [5.41, 5.74) is 0.719. The average Bonchev–Trinajstić information content (AvgIpc) is 2.94. The van der Waals surface area contributed by atoms with Crippen LogP contribution in [-0.2, 0) is 9.84 Å². The maximum absolute atomic E-state index is 12.8. The van der Waals surface area contributed by atoms with Crippen molar-refractivity contribution in [2.45, 2.75) is 9.79 Å². The largest absolute Gasteiger partial charge is 0.218 e. The lowest BCUT2D eigenvalue weighted by atomic mass is 10.1. The molecule has 0 aliphatic carbocycles. The van der Waals surface area contributed by atoms with Gasteiger partial charge in [0.15, 0.2) is 4.99 Å². The number of benzene rings is 2. The fourth-order valence-corrected chi connectivity index (χ4v) is 3.66. The van der Waals surface area contributed by atoms with Gasteiger partial charge >= 0.3 is 0 Å². The van der Waals surface area contributed by atoms with Crippen molar-refractivity contribution in [2.24, 2.45) is 15.4 Å². The van der Waals surface area contributed by atoms with Gasteiger partial charge in [0.05, 0.1) is 9.79 Å². The van der Waals surface area contributed by atoms with Crippen molar-refractivity contribution < 1.29 is 8.42 Å². The molecule has 0 N–H and O–H groups in total. The number of nitrogens with zero attached hydrogens (tertiary/aromatic N) is 3. The van der Waals surface area contributed by atoms with Gasteiger partial charge in [-0.2, -0.15) is 0 Å². The van der Waals surface area contributed by atoms with Crippen molar-refractivity contribution in [3.63, 3.8) is 0 Å². The van der Waals surface area contributed by atoms with Gasteiger partial charge in [0.1, 0.15) is 5.71 Å². The van der Waals surface area contributed by atoms with E-state index in [9.17, 15) is 8.42 Å². The maximum Gasteiger partial charge on any atom is 0.207 e. The summed E-state index contributed by atoms with van der Waals surface area (Å²) in [6.07, 6.45) is 0. The van der Waals surface area contributed by atoms with Crippen LogP contribution < -0.4 is 0 Å². The Bertz CT molecular complexity index is 872. The van der Waals surface area contributed by atoms with Crippen LogP contribution in [-0.4, -0.2) is 19.1 Å². The van der Waals surface area contributed by atoms with Crippen LogP contribution in [0.25, 0.3) is 0 Å². The third-order valence-electron chi connectivity index (χ3n) is 2.97. The highest BCUT2D eigenvalue weighted by Gasteiger charge is 2.26. The minimum atomic E-state index is -3.65. The van der Waals surface area contributed by atoms with Gasteiger partial charge in [0.2, 0.25) is 9.84 Å². The fourth-order valence-electron chi connectivity index (χ4n) is 1.99. The first kappa shape index (κ1) is 13.7. The van der Waals surface area contributed by atoms with Crippen LogP contribution in [0, 0.1) is 0 Å². The molecule has 0 aromatic heterocycles. The highest BCUT2D eigenvalue weighted by molar-refractivity contribution is 7.91. The normalized spacial score (nSPS) is 14.3. The third kappa shape index (κ3) is 2.41. The van der Waals surface area contributed by atoms with Gasteiger partial charge in [0.25, 0.3) is 0 Å². The zero-order chi connectivity index (χ0) is 14.9. The Balaban J connectivity index is 2.19. The predicted octanol–water partition coefficient (Wildman–Crippen LogP) is 3.02. The molecule has 1 aliphatic heterocycles. The molecule has 21 heavy (non-hydrogen) atoms. The lowest BCUT2D eigenvalue weighted by Crippen LogP contribution is -2.14. The summed E-state index contributed by atoms with van der Waals surface area (Å²) < 4.78 is 25.5. The summed E-state index contributed by atoms with van der Waals surface area (Å²) in [5, 5.41) is 11.0. The van der Waals surface area contributed by atoms with E-state index in [-0.39, 0.29) is 14.8 Å². The smallest absolute Gasteiger partial charge is 0.207 e. The molecule has 0 unspecified atom stereocenters. The molecule has 0 fully saturated rings. The van der Waals surface area contributed by atoms with Crippen LogP contribution in [0.15, 0.2) is 79.8 Å². The van der Waals surface area contributed by atoms with Gasteiger partial charge in [0, 0.05) is 5.56 Å². The maximum atomic E-state index is 12.8. The van der Waals surface area contributed by atoms with Crippen LogP contribution >= 0.6 is 12.2 Å². The number of rotatable bonds is 3. The minimum Gasteiger partial charge on any atom is -0.218 e. The van der Waals surface area contributed by atoms with Crippen molar-refractivity contribution in [2.75, 3.05) is 0 Å². The first-order valence-corrected chi connectivity index (χ1v) is 7.92. The second-order valence-electron chi connectivity index (χ2n) is 4.26. The summed E-state index contributed by atoms with van der Waals surface area (Å²) in [5.74, 6) is 0. The van der Waals surface area contributed by atoms with Crippen LogP contribution in [0.1, 0.15) is 5.56 Å². The first-order valence-electron chi connectivity index (χ1n) is 6.03. The summed E-state index contributed by atoms with van der Waals surface area (Å²) in [6.45, 7) is 0. The van der Waals surface area contributed by atoms with Crippen molar-refractivity contribution in [3.8, 4) is 0 Å². The van der Waals surface area contributed by atoms with Crippen molar-refractivity contribution >= 4 is 32.8 Å². The van der Waals surface area contributed by atoms with Gasteiger partial charge in [-0.25, -0.2) is 8.42 Å². The zero-order valence-corrected chi connectivity index (χ0v) is 12.3. The van der Waals surface area contributed by atoms with Crippen LogP contribution in [0.2, 0.25) is 0 Å². The van der Waals surface area contributed by atoms with Crippen LogP contribution in [0.5, 0.6) is 0 Å². The first-order chi connectivity index (χ1) is 10.1. The van der Waals surface area contributed by atoms with Crippen molar-refractivity contribution in [1.29, 1.82) is 0 Å². The molecule has 7 heteroatoms. The quantitative estimate of drug-likeness (QED) is 0.817. The Hall–Kier alpha value is -2.25. The van der Waals surface area contributed by atoms with E-state index in [4.69, 9.17) is 12.2 Å². The standard InChI is InChI=1S/C14H9N3O2S2/c18-21(19,10-6-2-1-3-7-10)12-9-5-4-8-11(12)13-14(20)16-17-15-13/h1-9H. The number of hydrogen-bond acceptors (Lipinski definition) is 5. The van der Waals surface area contributed by atoms with E-state index in [0.717, 1.165) is 0 Å². The molecule has 0 atom stereocenters. The molecule has 0 spiro atoms. The predicted molar refractivity (Wildman–Crippen MR) is 82.3 cm³/mol. The molecule has 0 bridgehead atoms. The molecular weight excluding hydrogens is 306 g/mol. The molecule has 0 radical (unpaired) electrons. The van der Waals surface area contributed by atoms with Gasteiger partial charge in [-0.3, -0.25) is 0 Å². The second-order valence-corrected chi connectivity index (χ2v) is 6.56. The Morgan fingerprint density at radius 3 is 2.24 bits per heavy atom. The minimum absolute atomic E-state index is 0.143. The monoisotopic (exact) mass is 315 g/mol. The number of thiocarbonyl (C=S) groups is 1. The Labute approximate surface area is 127 Å². The summed E-state index contributed by atoms with van der Waals surface area (Å²) in [4.78, 5) is 0.547. The zero-order valence-electron chi connectivity index (χ0n) is 10.7. The van der Waals surface area contributed by atoms with Gasteiger partial charge in [-0.15, -0.1) is 10.2 Å². The SMILES string of the molecule is O=S(=O)(c1ccccc1)c1ccccc1C1=NN=NC1=S. The van der Waals surface area contributed by atoms with E-state index in [0.29, 0.717) is 11.3 Å². The molecule has 0 saturated carbocycles. The summed E-state index contributed by atoms with van der Waals surface area (Å²) >= 11 is 5.04. The third-order valence-corrected chi connectivity index (χ3v) is 5.07. The molecule has 2 aromatic rings. The highest BCUT2D eigenvalue weighted by atomic mass is 32.2. The average molecular weight is 315 g/mol. The lowest BCUT2D eigenvalue weighted by molar-refractivity contribution is 0.596. The molecule has 104 valence electrons. The van der Waals surface area contributed by atoms with E-state index in [1.807, 2.05) is 0 Å². The van der Waals surface area contributed by atoms with E-state index in [1.54, 1.807) is 48.5 Å². The molecular formula is C14H9N3O2S2. The van der Waals surface area contributed by atoms with Crippen LogP contribution in [0.3, 0.4) is 0 Å². The number of hydrogen-bond donors (Lipinski definition) is 0. The molecule has 1 aliphatic rings. The van der Waals surface area contributed by atoms with E-state index < -0.39 is 9.84 Å². The molecule has 3 rings (SSSR count). The van der Waals surface area contributed by atoms with E-state index in [2.05, 4.69) is 15.4 Å². The topological polar surface area (TPSA) is 71.2 Å². The van der Waals surface area contributed by atoms with Crippen molar-refractivity contribution in [1.82, 2.24) is 0 Å². The molecule has 0 saturated heterocycles. The summed E-state index contributed by atoms with van der Waals surface area (Å²) in [6, 6.07) is 14.8. The lowest BCUT2D eigenvalue weighted by Gasteiger charge is -2.09. The van der Waals surface area contributed by atoms with Gasteiger partial charge < -0.3 is 0 Å². The Morgan fingerprint density at radius 1 is 0.905 bits per heavy atom. The molecule has 1 heterocycles. The Kier molecular flexibility index (Phi) is 3.44. The second kappa shape index (κ2) is 5.27. The molecule has 5 nitrogen and oxygen atoms in total. The summed E-state index contributed by atoms with van der Waals surface area (Å²) in [7, 11) is -3.65. The van der Waals surface area contributed by atoms with Crippen LogP contribution in [0.4, 0.5) is 0 Å². The van der Waals surface area contributed by atoms with Crippen molar-refractivity contribution in [3.05, 3.63) is 60.2 Å². The van der Waals surface area contributed by atoms with E-state index >= 15 is 0 Å². The highest BCUT2D eigenvalue weighted by Crippen LogP contribution is 2.25. The number of sulfone groups is 1. The van der Waals surface area contributed by atoms with E-state index in [1.165, 1.54) is 6.07 Å². The van der Waals surface area contributed by atoms with Gasteiger partial charge in [-0.1, -0.05) is 48.6 Å². The Morgan fingerprint density at radius 2 is 1.57 bits per heavy atom.